The highest BCUT2D eigenvalue weighted by Crippen LogP contribution is 2.21. The number of carboxylic acids is 1. The molecule has 1 rings (SSSR count). The summed E-state index contributed by atoms with van der Waals surface area (Å²) in [7, 11) is 0. The van der Waals surface area contributed by atoms with Crippen LogP contribution in [0.4, 0.5) is 0 Å². The van der Waals surface area contributed by atoms with E-state index < -0.39 is 48.8 Å². The Balaban J connectivity index is 2.87. The largest absolute Gasteiger partial charge is 0.478 e. The second kappa shape index (κ2) is 5.43. The highest BCUT2D eigenvalue weighted by molar-refractivity contribution is 5.84. The molecule has 1 aliphatic rings. The second-order valence-corrected chi connectivity index (χ2v) is 3.73. The van der Waals surface area contributed by atoms with E-state index in [2.05, 4.69) is 0 Å². The number of aliphatic hydroxyl groups is 4. The van der Waals surface area contributed by atoms with Gasteiger partial charge in [-0.2, -0.15) is 0 Å². The number of nitrogens with two attached hydrogens (primary N) is 1. The Labute approximate surface area is 96.5 Å². The lowest BCUT2D eigenvalue weighted by atomic mass is 9.95. The van der Waals surface area contributed by atoms with Gasteiger partial charge in [0.2, 0.25) is 5.76 Å². The van der Waals surface area contributed by atoms with Crippen LogP contribution in [0.3, 0.4) is 0 Å². The first-order chi connectivity index (χ1) is 7.88. The van der Waals surface area contributed by atoms with Gasteiger partial charge in [0.05, 0.1) is 12.6 Å². The van der Waals surface area contributed by atoms with E-state index in [1.54, 1.807) is 0 Å². The zero-order chi connectivity index (χ0) is 13.2. The number of carboxylic acid groups (broad SMARTS) is 1. The van der Waals surface area contributed by atoms with Crippen LogP contribution < -0.4 is 5.73 Å². The molecule has 7 N–H and O–H groups in total. The summed E-state index contributed by atoms with van der Waals surface area (Å²) in [5.41, 5.74) is 5.45. The molecule has 0 saturated heterocycles. The minimum atomic E-state index is -1.65. The van der Waals surface area contributed by atoms with E-state index in [0.717, 1.165) is 6.08 Å². The normalized spacial score (nSPS) is 32.3. The Kier molecular flexibility index (Phi) is 4.43. The molecule has 0 bridgehead atoms. The summed E-state index contributed by atoms with van der Waals surface area (Å²) in [6.07, 6.45) is -5.00. The van der Waals surface area contributed by atoms with Crippen molar-refractivity contribution in [1.29, 1.82) is 0 Å². The number of ether oxygens (including phenoxy) is 1. The van der Waals surface area contributed by atoms with Gasteiger partial charge in [-0.05, 0) is 6.08 Å². The Morgan fingerprint density at radius 3 is 2.59 bits per heavy atom. The van der Waals surface area contributed by atoms with E-state index in [1.807, 2.05) is 0 Å². The maximum atomic E-state index is 10.7. The average Bonchev–Trinajstić information content (AvgIpc) is 2.30. The molecule has 0 aromatic carbocycles. The molecule has 1 heterocycles. The zero-order valence-corrected chi connectivity index (χ0v) is 8.80. The minimum absolute atomic E-state index is 0.517. The summed E-state index contributed by atoms with van der Waals surface area (Å²) in [6, 6.07) is -1.04. The van der Waals surface area contributed by atoms with Gasteiger partial charge in [-0.25, -0.2) is 4.79 Å². The van der Waals surface area contributed by atoms with Gasteiger partial charge in [0.25, 0.3) is 0 Å². The predicted molar refractivity (Wildman–Crippen MR) is 53.7 cm³/mol. The highest BCUT2D eigenvalue weighted by atomic mass is 16.5. The molecule has 0 saturated carbocycles. The number of hydrogen-bond donors (Lipinski definition) is 6. The lowest BCUT2D eigenvalue weighted by molar-refractivity contribution is -0.154. The Morgan fingerprint density at radius 2 is 2.12 bits per heavy atom. The maximum Gasteiger partial charge on any atom is 0.370 e. The molecule has 0 aliphatic carbocycles. The predicted octanol–water partition coefficient (Wildman–Crippen LogP) is -3.24. The average molecular weight is 249 g/mol. The maximum absolute atomic E-state index is 10.7. The third-order valence-corrected chi connectivity index (χ3v) is 2.47. The SMILES string of the molecule is N[C@@H]1C=C(C(=O)O)O[C@H]([C@H](O)[C@H](O)CO)[C@@H]1O. The summed E-state index contributed by atoms with van der Waals surface area (Å²) < 4.78 is 4.83. The molecule has 8 nitrogen and oxygen atoms in total. The zero-order valence-electron chi connectivity index (χ0n) is 8.80. The smallest absolute Gasteiger partial charge is 0.370 e. The summed E-state index contributed by atoms with van der Waals surface area (Å²) in [6.45, 7) is -0.755. The third kappa shape index (κ3) is 2.93. The second-order valence-electron chi connectivity index (χ2n) is 3.73. The summed E-state index contributed by atoms with van der Waals surface area (Å²) in [4.78, 5) is 10.7. The minimum Gasteiger partial charge on any atom is -0.478 e. The fourth-order valence-electron chi connectivity index (χ4n) is 1.47. The lowest BCUT2D eigenvalue weighted by Gasteiger charge is -2.35. The Morgan fingerprint density at radius 1 is 1.53 bits per heavy atom. The molecule has 1 aliphatic heterocycles. The monoisotopic (exact) mass is 249 g/mol. The van der Waals surface area contributed by atoms with Crippen LogP contribution in [-0.2, 0) is 9.53 Å². The van der Waals surface area contributed by atoms with Crippen LogP contribution >= 0.6 is 0 Å². The fourth-order valence-corrected chi connectivity index (χ4v) is 1.47. The van der Waals surface area contributed by atoms with Crippen LogP contribution in [0.15, 0.2) is 11.8 Å². The van der Waals surface area contributed by atoms with Gasteiger partial charge in [-0.15, -0.1) is 0 Å². The first-order valence-electron chi connectivity index (χ1n) is 4.91. The van der Waals surface area contributed by atoms with Crippen molar-refractivity contribution in [3.8, 4) is 0 Å². The van der Waals surface area contributed by atoms with Gasteiger partial charge < -0.3 is 36.0 Å². The summed E-state index contributed by atoms with van der Waals surface area (Å²) in [5, 5.41) is 45.7. The standard InChI is InChI=1S/C9H15NO7/c10-3-1-5(9(15)16)17-8(6(3)13)7(14)4(12)2-11/h1,3-4,6-8,11-14H,2,10H2,(H,15,16)/t3-,4-,6-,7-,8+/m1/s1. The van der Waals surface area contributed by atoms with E-state index in [1.165, 1.54) is 0 Å². The van der Waals surface area contributed by atoms with Gasteiger partial charge in [0.15, 0.2) is 6.10 Å². The van der Waals surface area contributed by atoms with E-state index in [0.29, 0.717) is 0 Å². The number of aliphatic carboxylic acids is 1. The first kappa shape index (κ1) is 13.9. The Hall–Kier alpha value is -1.19. The van der Waals surface area contributed by atoms with Crippen LogP contribution in [0.2, 0.25) is 0 Å². The molecule has 0 aromatic heterocycles. The molecule has 98 valence electrons. The molecule has 5 atom stereocenters. The van der Waals surface area contributed by atoms with Crippen LogP contribution in [0, 0.1) is 0 Å². The van der Waals surface area contributed by atoms with Crippen molar-refractivity contribution in [2.75, 3.05) is 6.61 Å². The Bertz CT molecular complexity index is 318. The van der Waals surface area contributed by atoms with Gasteiger partial charge in [0, 0.05) is 0 Å². The number of carbonyl (C=O) groups is 1. The molecule has 0 radical (unpaired) electrons. The van der Waals surface area contributed by atoms with Gasteiger partial charge in [-0.3, -0.25) is 0 Å². The molecule has 0 spiro atoms. The number of aliphatic hydroxyl groups excluding tert-OH is 4. The molecule has 8 heteroatoms. The van der Waals surface area contributed by atoms with Crippen molar-refractivity contribution < 1.29 is 35.1 Å². The van der Waals surface area contributed by atoms with Gasteiger partial charge in [0.1, 0.15) is 18.3 Å². The first-order valence-corrected chi connectivity index (χ1v) is 4.91. The molecule has 0 unspecified atom stereocenters. The third-order valence-electron chi connectivity index (χ3n) is 2.47. The van der Waals surface area contributed by atoms with Crippen molar-refractivity contribution in [3.63, 3.8) is 0 Å². The van der Waals surface area contributed by atoms with E-state index >= 15 is 0 Å². The summed E-state index contributed by atoms with van der Waals surface area (Å²) >= 11 is 0. The molecule has 0 amide bonds. The molecule has 0 fully saturated rings. The molecular weight excluding hydrogens is 234 g/mol. The van der Waals surface area contributed by atoms with E-state index in [9.17, 15) is 20.1 Å². The van der Waals surface area contributed by atoms with E-state index in [4.69, 9.17) is 20.7 Å². The number of hydrogen-bond acceptors (Lipinski definition) is 7. The molecular formula is C9H15NO7. The highest BCUT2D eigenvalue weighted by Gasteiger charge is 2.40. The van der Waals surface area contributed by atoms with Crippen molar-refractivity contribution in [3.05, 3.63) is 11.8 Å². The van der Waals surface area contributed by atoms with Crippen molar-refractivity contribution in [2.24, 2.45) is 5.73 Å². The van der Waals surface area contributed by atoms with E-state index in [-0.39, 0.29) is 0 Å². The van der Waals surface area contributed by atoms with Crippen LogP contribution in [0.25, 0.3) is 0 Å². The van der Waals surface area contributed by atoms with Crippen molar-refractivity contribution in [2.45, 2.75) is 30.5 Å². The van der Waals surface area contributed by atoms with Crippen LogP contribution in [0.1, 0.15) is 0 Å². The molecule has 0 aromatic rings. The summed E-state index contributed by atoms with van der Waals surface area (Å²) in [5.74, 6) is -1.92. The van der Waals surface area contributed by atoms with Crippen LogP contribution in [0.5, 0.6) is 0 Å². The van der Waals surface area contributed by atoms with Crippen molar-refractivity contribution in [1.82, 2.24) is 0 Å². The van der Waals surface area contributed by atoms with Gasteiger partial charge in [-0.1, -0.05) is 0 Å². The van der Waals surface area contributed by atoms with Crippen molar-refractivity contribution >= 4 is 5.97 Å². The van der Waals surface area contributed by atoms with Crippen LogP contribution in [-0.4, -0.2) is 68.6 Å². The lowest BCUT2D eigenvalue weighted by Crippen LogP contribution is -2.55. The van der Waals surface area contributed by atoms with Gasteiger partial charge >= 0.3 is 5.97 Å². The fraction of sp³-hybridized carbons (Fsp3) is 0.667. The molecule has 17 heavy (non-hydrogen) atoms. The number of rotatable bonds is 4. The topological polar surface area (TPSA) is 153 Å². The quantitative estimate of drug-likeness (QED) is 0.304.